The zero-order valence-electron chi connectivity index (χ0n) is 27.2. The number of nitrogens with zero attached hydrogens (tertiary/aromatic N) is 5. The highest BCUT2D eigenvalue weighted by Gasteiger charge is 2.21. The number of aromatic nitrogens is 5. The molecular formula is C45H27N5S. The molecule has 0 saturated heterocycles. The van der Waals surface area contributed by atoms with Crippen LogP contribution in [0.25, 0.3) is 98.2 Å². The number of thiophene rings is 1. The highest BCUT2D eigenvalue weighted by atomic mass is 32.1. The second-order valence-electron chi connectivity index (χ2n) is 12.9. The van der Waals surface area contributed by atoms with Crippen LogP contribution in [0.5, 0.6) is 0 Å². The summed E-state index contributed by atoms with van der Waals surface area (Å²) in [5.74, 6) is 1.76. The van der Waals surface area contributed by atoms with Gasteiger partial charge in [-0.05, 0) is 47.5 Å². The minimum atomic E-state index is 0.573. The van der Waals surface area contributed by atoms with Gasteiger partial charge in [0.1, 0.15) is 0 Å². The normalized spacial score (nSPS) is 11.9. The number of fused-ring (bicyclic) bond motifs is 9. The third kappa shape index (κ3) is 4.24. The highest BCUT2D eigenvalue weighted by Crippen LogP contribution is 2.39. The maximum atomic E-state index is 5.33. The molecule has 0 N–H and O–H groups in total. The van der Waals surface area contributed by atoms with Crippen LogP contribution in [0.4, 0.5) is 0 Å². The molecule has 0 aliphatic rings. The van der Waals surface area contributed by atoms with E-state index in [1.165, 1.54) is 20.2 Å². The van der Waals surface area contributed by atoms with Crippen molar-refractivity contribution in [2.45, 2.75) is 0 Å². The summed E-state index contributed by atoms with van der Waals surface area (Å²) in [5, 5.41) is 7.20. The van der Waals surface area contributed by atoms with Crippen LogP contribution in [0.2, 0.25) is 0 Å². The molecule has 0 saturated carbocycles. The number of para-hydroxylation sites is 4. The van der Waals surface area contributed by atoms with Crippen molar-refractivity contribution in [3.05, 3.63) is 164 Å². The molecule has 6 heteroatoms. The Morgan fingerprint density at radius 3 is 1.33 bits per heavy atom. The van der Waals surface area contributed by atoms with Gasteiger partial charge in [-0.25, -0.2) is 0 Å². The van der Waals surface area contributed by atoms with Gasteiger partial charge in [-0.2, -0.15) is 15.0 Å². The Morgan fingerprint density at radius 2 is 0.784 bits per heavy atom. The zero-order valence-corrected chi connectivity index (χ0v) is 28.0. The predicted molar refractivity (Wildman–Crippen MR) is 212 cm³/mol. The van der Waals surface area contributed by atoms with E-state index in [1.807, 2.05) is 11.3 Å². The molecule has 51 heavy (non-hydrogen) atoms. The van der Waals surface area contributed by atoms with Crippen molar-refractivity contribution in [3.8, 4) is 34.4 Å². The SMILES string of the molecule is c1ccc(-c2nc(-n3c4ccccc4c4ccccc43)nc(-n3c4ccccc4c4ccccc43)n2)c(-c2ccc3c(c2)sc2ccccc23)c1. The fourth-order valence-corrected chi connectivity index (χ4v) is 8.92. The van der Waals surface area contributed by atoms with Gasteiger partial charge < -0.3 is 0 Å². The summed E-state index contributed by atoms with van der Waals surface area (Å²) in [4.78, 5) is 16.0. The molecular weight excluding hydrogens is 643 g/mol. The monoisotopic (exact) mass is 669 g/mol. The molecule has 0 bridgehead atoms. The van der Waals surface area contributed by atoms with Gasteiger partial charge in [-0.3, -0.25) is 9.13 Å². The van der Waals surface area contributed by atoms with E-state index in [-0.39, 0.29) is 0 Å². The number of benzene rings is 7. The molecule has 4 heterocycles. The van der Waals surface area contributed by atoms with Crippen LogP contribution in [0.15, 0.2) is 164 Å². The van der Waals surface area contributed by atoms with Gasteiger partial charge in [0.05, 0.1) is 22.1 Å². The molecule has 238 valence electrons. The van der Waals surface area contributed by atoms with Crippen LogP contribution in [0.1, 0.15) is 0 Å². The van der Waals surface area contributed by atoms with E-state index >= 15 is 0 Å². The molecule has 11 rings (SSSR count). The molecule has 5 nitrogen and oxygen atoms in total. The Bertz CT molecular complexity index is 2930. The standard InChI is InChI=1S/C45H27N5S/c1-2-19-36(29(13-1)28-25-26-35-34-18-7-12-24-41(34)51-42(35)27-28)43-46-44(49-37-20-8-3-14-30(37)31-15-4-9-21-38(31)49)48-45(47-43)50-39-22-10-5-16-32(39)33-17-6-11-23-40(33)50/h1-27H. The first-order valence-corrected chi connectivity index (χ1v) is 17.9. The van der Waals surface area contributed by atoms with Gasteiger partial charge in [0.25, 0.3) is 0 Å². The van der Waals surface area contributed by atoms with Crippen LogP contribution in [0.3, 0.4) is 0 Å². The Labute approximate surface area is 296 Å². The van der Waals surface area contributed by atoms with Crippen LogP contribution in [0, 0.1) is 0 Å². The second-order valence-corrected chi connectivity index (χ2v) is 13.9. The molecule has 0 amide bonds. The largest absolute Gasteiger partial charge is 0.278 e. The summed E-state index contributed by atoms with van der Waals surface area (Å²) < 4.78 is 6.91. The maximum absolute atomic E-state index is 5.33. The van der Waals surface area contributed by atoms with Crippen LogP contribution >= 0.6 is 11.3 Å². The van der Waals surface area contributed by atoms with Crippen molar-refractivity contribution in [1.82, 2.24) is 24.1 Å². The first-order chi connectivity index (χ1) is 25.3. The summed E-state index contributed by atoms with van der Waals surface area (Å²) in [6, 6.07) is 57.8. The van der Waals surface area contributed by atoms with Crippen molar-refractivity contribution in [2.75, 3.05) is 0 Å². The van der Waals surface area contributed by atoms with Gasteiger partial charge in [0.15, 0.2) is 5.82 Å². The van der Waals surface area contributed by atoms with E-state index in [0.29, 0.717) is 17.7 Å². The van der Waals surface area contributed by atoms with Crippen LogP contribution in [-0.2, 0) is 0 Å². The van der Waals surface area contributed by atoms with Crippen LogP contribution in [-0.4, -0.2) is 24.1 Å². The average Bonchev–Trinajstić information content (AvgIpc) is 3.85. The molecule has 0 radical (unpaired) electrons. The predicted octanol–water partition coefficient (Wildman–Crippen LogP) is 11.8. The highest BCUT2D eigenvalue weighted by molar-refractivity contribution is 7.25. The zero-order chi connectivity index (χ0) is 33.5. The molecule has 0 aliphatic carbocycles. The second kappa shape index (κ2) is 10.9. The Hall–Kier alpha value is -6.63. The summed E-state index contributed by atoms with van der Waals surface area (Å²) >= 11 is 1.83. The molecule has 0 spiro atoms. The fourth-order valence-electron chi connectivity index (χ4n) is 7.77. The van der Waals surface area contributed by atoms with E-state index in [4.69, 9.17) is 15.0 Å². The van der Waals surface area contributed by atoms with Crippen molar-refractivity contribution in [2.24, 2.45) is 0 Å². The third-order valence-corrected chi connectivity index (χ3v) is 11.2. The number of hydrogen-bond acceptors (Lipinski definition) is 4. The van der Waals surface area contributed by atoms with E-state index < -0.39 is 0 Å². The van der Waals surface area contributed by atoms with Crippen LogP contribution < -0.4 is 0 Å². The smallest absolute Gasteiger partial charge is 0.240 e. The van der Waals surface area contributed by atoms with Crippen molar-refractivity contribution in [1.29, 1.82) is 0 Å². The topological polar surface area (TPSA) is 48.5 Å². The summed E-state index contributed by atoms with van der Waals surface area (Å²) in [7, 11) is 0. The van der Waals surface area contributed by atoms with Gasteiger partial charge in [0, 0.05) is 47.3 Å². The molecule has 0 unspecified atom stereocenters. The molecule has 0 aliphatic heterocycles. The minimum absolute atomic E-state index is 0.573. The van der Waals surface area contributed by atoms with E-state index in [1.54, 1.807) is 0 Å². The summed E-state index contributed by atoms with van der Waals surface area (Å²) in [6.45, 7) is 0. The Morgan fingerprint density at radius 1 is 0.353 bits per heavy atom. The molecule has 0 atom stereocenters. The van der Waals surface area contributed by atoms with E-state index in [0.717, 1.165) is 60.3 Å². The van der Waals surface area contributed by atoms with Gasteiger partial charge in [-0.15, -0.1) is 11.3 Å². The van der Waals surface area contributed by atoms with E-state index in [9.17, 15) is 0 Å². The summed E-state index contributed by atoms with van der Waals surface area (Å²) in [6.07, 6.45) is 0. The third-order valence-electron chi connectivity index (χ3n) is 10.0. The first-order valence-electron chi connectivity index (χ1n) is 17.0. The lowest BCUT2D eigenvalue weighted by molar-refractivity contribution is 0.893. The quantitative estimate of drug-likeness (QED) is 0.187. The van der Waals surface area contributed by atoms with Gasteiger partial charge in [-0.1, -0.05) is 127 Å². The lowest BCUT2D eigenvalue weighted by atomic mass is 9.98. The number of hydrogen-bond donors (Lipinski definition) is 0. The molecule has 11 aromatic rings. The molecule has 0 fully saturated rings. The fraction of sp³-hybridized carbons (Fsp3) is 0. The molecule has 4 aromatic heterocycles. The maximum Gasteiger partial charge on any atom is 0.240 e. The first kappa shape index (κ1) is 28.2. The Kier molecular flexibility index (Phi) is 6.05. The van der Waals surface area contributed by atoms with Gasteiger partial charge >= 0.3 is 0 Å². The lowest BCUT2D eigenvalue weighted by Crippen LogP contribution is -2.10. The van der Waals surface area contributed by atoms with Crippen molar-refractivity contribution < 1.29 is 0 Å². The van der Waals surface area contributed by atoms with Crippen molar-refractivity contribution in [3.63, 3.8) is 0 Å². The number of rotatable bonds is 4. The Balaban J connectivity index is 1.21. The summed E-state index contributed by atoms with van der Waals surface area (Å²) in [5.41, 5.74) is 7.34. The van der Waals surface area contributed by atoms with Gasteiger partial charge in [0.2, 0.25) is 11.9 Å². The van der Waals surface area contributed by atoms with E-state index in [2.05, 4.69) is 173 Å². The molecule has 7 aromatic carbocycles. The average molecular weight is 670 g/mol. The minimum Gasteiger partial charge on any atom is -0.278 e. The van der Waals surface area contributed by atoms with Crippen molar-refractivity contribution >= 4 is 75.1 Å². The lowest BCUT2D eigenvalue weighted by Gasteiger charge is -2.14.